The predicted molar refractivity (Wildman–Crippen MR) is 73.2 cm³/mol. The molecule has 0 aromatic carbocycles. The van der Waals surface area contributed by atoms with E-state index >= 15 is 0 Å². The van der Waals surface area contributed by atoms with Gasteiger partial charge in [0.25, 0.3) is 0 Å². The third-order valence-electron chi connectivity index (χ3n) is 2.44. The summed E-state index contributed by atoms with van der Waals surface area (Å²) in [5.74, 6) is 0.507. The number of esters is 1. The van der Waals surface area contributed by atoms with Gasteiger partial charge in [0.15, 0.2) is 4.96 Å². The van der Waals surface area contributed by atoms with Crippen LogP contribution >= 0.6 is 23.1 Å². The summed E-state index contributed by atoms with van der Waals surface area (Å²) in [4.78, 5) is 16.6. The fourth-order valence-electron chi connectivity index (χ4n) is 1.59. The van der Waals surface area contributed by atoms with Gasteiger partial charge in [0.2, 0.25) is 0 Å². The van der Waals surface area contributed by atoms with Crippen LogP contribution in [0.1, 0.15) is 12.1 Å². The molecule has 0 fully saturated rings. The first-order valence-electron chi connectivity index (χ1n) is 5.55. The van der Waals surface area contributed by atoms with Crippen molar-refractivity contribution in [3.63, 3.8) is 0 Å². The Labute approximate surface area is 114 Å². The molecule has 0 radical (unpaired) electrons. The zero-order valence-corrected chi connectivity index (χ0v) is 11.9. The van der Waals surface area contributed by atoms with Gasteiger partial charge in [0.05, 0.1) is 19.2 Å². The molecule has 0 saturated carbocycles. The smallest absolute Gasteiger partial charge is 0.306 e. The molecule has 98 valence electrons. The Bertz CT molecular complexity index is 535. The lowest BCUT2D eigenvalue weighted by atomic mass is 10.5. The third kappa shape index (κ3) is 2.85. The zero-order chi connectivity index (χ0) is 13.0. The summed E-state index contributed by atoms with van der Waals surface area (Å²) in [5.41, 5.74) is 1.14. The molecule has 0 amide bonds. The van der Waals surface area contributed by atoms with E-state index in [1.54, 1.807) is 23.1 Å². The van der Waals surface area contributed by atoms with Crippen LogP contribution in [0, 0.1) is 0 Å². The normalized spacial score (nSPS) is 11.0. The van der Waals surface area contributed by atoms with Gasteiger partial charge in [-0.25, -0.2) is 4.98 Å². The second-order valence-corrected chi connectivity index (χ2v) is 5.58. The average molecular weight is 285 g/mol. The predicted octanol–water partition coefficient (Wildman–Crippen LogP) is 1.77. The summed E-state index contributed by atoms with van der Waals surface area (Å²) < 4.78 is 6.71. The fourth-order valence-corrected chi connectivity index (χ4v) is 3.33. The number of thiazole rings is 1. The lowest BCUT2D eigenvalue weighted by Gasteiger charge is -2.02. The van der Waals surface area contributed by atoms with E-state index in [9.17, 15) is 4.79 Å². The van der Waals surface area contributed by atoms with Crippen LogP contribution in [0.4, 0.5) is 0 Å². The topological polar surface area (TPSA) is 55.6 Å². The van der Waals surface area contributed by atoms with Gasteiger partial charge in [0.1, 0.15) is 5.03 Å². The molecular formula is C11H15N3O2S2. The molecular weight excluding hydrogens is 270 g/mol. The summed E-state index contributed by atoms with van der Waals surface area (Å²) in [6.07, 6.45) is 2.43. The van der Waals surface area contributed by atoms with Crippen molar-refractivity contribution in [1.82, 2.24) is 14.7 Å². The Morgan fingerprint density at radius 3 is 3.22 bits per heavy atom. The highest BCUT2D eigenvalue weighted by atomic mass is 32.2. The summed E-state index contributed by atoms with van der Waals surface area (Å²) in [7, 11) is 3.32. The van der Waals surface area contributed by atoms with Crippen LogP contribution in [0.15, 0.2) is 16.6 Å². The van der Waals surface area contributed by atoms with Crippen molar-refractivity contribution < 1.29 is 9.53 Å². The number of hydrogen-bond donors (Lipinski definition) is 1. The molecule has 0 bridgehead atoms. The molecule has 7 heteroatoms. The molecule has 2 aromatic heterocycles. The molecule has 2 aromatic rings. The maximum atomic E-state index is 11.1. The number of imidazole rings is 1. The van der Waals surface area contributed by atoms with E-state index in [-0.39, 0.29) is 5.97 Å². The number of rotatable bonds is 6. The molecule has 0 spiro atoms. The largest absolute Gasteiger partial charge is 0.469 e. The second-order valence-electron chi connectivity index (χ2n) is 3.62. The number of carbonyl (C=O) groups excluding carboxylic acids is 1. The molecule has 0 aliphatic rings. The van der Waals surface area contributed by atoms with Crippen LogP contribution < -0.4 is 5.32 Å². The van der Waals surface area contributed by atoms with Crippen molar-refractivity contribution in [2.24, 2.45) is 0 Å². The van der Waals surface area contributed by atoms with Crippen LogP contribution in [-0.4, -0.2) is 35.3 Å². The molecule has 18 heavy (non-hydrogen) atoms. The second kappa shape index (κ2) is 6.21. The number of thioether (sulfide) groups is 1. The highest BCUT2D eigenvalue weighted by Gasteiger charge is 2.13. The van der Waals surface area contributed by atoms with Crippen LogP contribution in [0.25, 0.3) is 4.96 Å². The molecule has 2 heterocycles. The van der Waals surface area contributed by atoms with Gasteiger partial charge >= 0.3 is 5.97 Å². The Hall–Kier alpha value is -1.05. The summed E-state index contributed by atoms with van der Waals surface area (Å²) in [5, 5.41) is 6.15. The monoisotopic (exact) mass is 285 g/mol. The van der Waals surface area contributed by atoms with Crippen molar-refractivity contribution in [3.05, 3.63) is 17.3 Å². The molecule has 2 rings (SSSR count). The van der Waals surface area contributed by atoms with Crippen molar-refractivity contribution in [1.29, 1.82) is 0 Å². The van der Waals surface area contributed by atoms with Gasteiger partial charge in [-0.05, 0) is 7.05 Å². The summed E-state index contributed by atoms with van der Waals surface area (Å²) >= 11 is 3.21. The van der Waals surface area contributed by atoms with E-state index in [4.69, 9.17) is 0 Å². The van der Waals surface area contributed by atoms with Crippen LogP contribution in [0.5, 0.6) is 0 Å². The van der Waals surface area contributed by atoms with Gasteiger partial charge < -0.3 is 10.1 Å². The van der Waals surface area contributed by atoms with Gasteiger partial charge in [-0.15, -0.1) is 23.1 Å². The minimum Gasteiger partial charge on any atom is -0.469 e. The molecule has 0 saturated heterocycles. The number of nitrogens with one attached hydrogen (secondary N) is 1. The summed E-state index contributed by atoms with van der Waals surface area (Å²) in [6, 6.07) is 0. The highest BCUT2D eigenvalue weighted by Crippen LogP contribution is 2.26. The lowest BCUT2D eigenvalue weighted by molar-refractivity contribution is -0.140. The van der Waals surface area contributed by atoms with Gasteiger partial charge in [-0.1, -0.05) is 0 Å². The lowest BCUT2D eigenvalue weighted by Crippen LogP contribution is -2.08. The molecule has 1 N–H and O–H groups in total. The Balaban J connectivity index is 2.09. The Morgan fingerprint density at radius 1 is 1.67 bits per heavy atom. The number of hydrogen-bond acceptors (Lipinski definition) is 6. The Morgan fingerprint density at radius 2 is 2.50 bits per heavy atom. The first-order chi connectivity index (χ1) is 8.76. The third-order valence-corrected chi connectivity index (χ3v) is 4.21. The maximum Gasteiger partial charge on any atom is 0.306 e. The van der Waals surface area contributed by atoms with E-state index in [0.717, 1.165) is 22.2 Å². The number of ether oxygens (including phenoxy) is 1. The standard InChI is InChI=1S/C11H15N3O2S2/c1-12-7-8-10(17-5-3-9(15)16-2)13-11-14(8)4-6-18-11/h4,6,12H,3,5,7H2,1-2H3. The van der Waals surface area contributed by atoms with Crippen molar-refractivity contribution in [3.8, 4) is 0 Å². The van der Waals surface area contributed by atoms with Crippen LogP contribution in [-0.2, 0) is 16.1 Å². The number of aromatic nitrogens is 2. The quantitative estimate of drug-likeness (QED) is 0.647. The first kappa shape index (κ1) is 13.4. The maximum absolute atomic E-state index is 11.1. The van der Waals surface area contributed by atoms with Crippen molar-refractivity contribution in [2.45, 2.75) is 18.0 Å². The molecule has 0 atom stereocenters. The SMILES string of the molecule is CNCc1c(SCCC(=O)OC)nc2sccn12. The van der Waals surface area contributed by atoms with E-state index in [0.29, 0.717) is 12.2 Å². The molecule has 0 aliphatic carbocycles. The highest BCUT2D eigenvalue weighted by molar-refractivity contribution is 7.99. The summed E-state index contributed by atoms with van der Waals surface area (Å²) in [6.45, 7) is 0.762. The Kier molecular flexibility index (Phi) is 4.62. The number of nitrogens with zero attached hydrogens (tertiary/aromatic N) is 2. The molecule has 0 unspecified atom stereocenters. The minimum absolute atomic E-state index is 0.182. The van der Waals surface area contributed by atoms with E-state index in [2.05, 4.69) is 19.4 Å². The van der Waals surface area contributed by atoms with E-state index in [1.807, 2.05) is 18.6 Å². The van der Waals surface area contributed by atoms with Gasteiger partial charge in [-0.3, -0.25) is 9.20 Å². The first-order valence-corrected chi connectivity index (χ1v) is 7.41. The minimum atomic E-state index is -0.182. The van der Waals surface area contributed by atoms with E-state index in [1.165, 1.54) is 7.11 Å². The molecule has 0 aliphatic heterocycles. The van der Waals surface area contributed by atoms with Crippen LogP contribution in [0.3, 0.4) is 0 Å². The number of fused-ring (bicyclic) bond motifs is 1. The van der Waals surface area contributed by atoms with E-state index < -0.39 is 0 Å². The number of carbonyl (C=O) groups is 1. The fraction of sp³-hybridized carbons (Fsp3) is 0.455. The average Bonchev–Trinajstić information content (AvgIpc) is 2.93. The van der Waals surface area contributed by atoms with Crippen molar-refractivity contribution in [2.75, 3.05) is 19.9 Å². The van der Waals surface area contributed by atoms with Gasteiger partial charge in [-0.2, -0.15) is 0 Å². The number of methoxy groups -OCH3 is 1. The molecule has 5 nitrogen and oxygen atoms in total. The van der Waals surface area contributed by atoms with Crippen molar-refractivity contribution >= 4 is 34.0 Å². The zero-order valence-electron chi connectivity index (χ0n) is 10.3. The van der Waals surface area contributed by atoms with Gasteiger partial charge in [0, 0.05) is 23.9 Å². The van der Waals surface area contributed by atoms with Crippen LogP contribution in [0.2, 0.25) is 0 Å².